The molecule has 0 unspecified atom stereocenters. The number of aryl methyl sites for hydroxylation is 1. The first kappa shape index (κ1) is 25.0. The molecule has 0 saturated heterocycles. The number of carbonyl (C=O) groups is 1. The molecule has 1 aliphatic rings. The van der Waals surface area contributed by atoms with E-state index < -0.39 is 5.97 Å². The van der Waals surface area contributed by atoms with E-state index in [1.807, 2.05) is 24.3 Å². The number of benzene rings is 4. The molecule has 0 radical (unpaired) electrons. The van der Waals surface area contributed by atoms with Gasteiger partial charge in [-0.1, -0.05) is 91.3 Å². The van der Waals surface area contributed by atoms with E-state index in [1.54, 1.807) is 0 Å². The molecule has 196 valence electrons. The molecule has 39 heavy (non-hydrogen) atoms. The molecule has 0 spiro atoms. The van der Waals surface area contributed by atoms with E-state index in [2.05, 4.69) is 71.7 Å². The SMILES string of the molecule is O=C(O)c1[nH]c2c(C3=C(c4ccccc4)CCCCC3)cccc2c1CCCOc1cccc2ccccc12. The van der Waals surface area contributed by atoms with Crippen LogP contribution in [-0.4, -0.2) is 22.7 Å². The summed E-state index contributed by atoms with van der Waals surface area (Å²) >= 11 is 0. The van der Waals surface area contributed by atoms with Crippen molar-refractivity contribution >= 4 is 38.8 Å². The van der Waals surface area contributed by atoms with Crippen LogP contribution in [0, 0.1) is 0 Å². The van der Waals surface area contributed by atoms with Crippen LogP contribution in [0.3, 0.4) is 0 Å². The number of carboxylic acid groups (broad SMARTS) is 1. The normalized spacial score (nSPS) is 14.1. The van der Waals surface area contributed by atoms with E-state index in [-0.39, 0.29) is 5.69 Å². The van der Waals surface area contributed by atoms with Gasteiger partial charge in [-0.2, -0.15) is 0 Å². The van der Waals surface area contributed by atoms with Gasteiger partial charge in [0, 0.05) is 16.3 Å². The minimum absolute atomic E-state index is 0.290. The maximum absolute atomic E-state index is 12.3. The van der Waals surface area contributed by atoms with E-state index in [9.17, 15) is 9.90 Å². The standard InChI is InChI=1S/C35H33NO3/c37-35(38)34-31(21-11-23-39-32-22-9-15-25-14-7-8-17-27(25)32)30-20-10-19-29(33(30)36-34)28-18-6-2-5-16-26(28)24-12-3-1-4-13-24/h1,3-4,7-10,12-15,17,19-20,22,36H,2,5-6,11,16,18,21,23H2,(H,37,38). The highest BCUT2D eigenvalue weighted by molar-refractivity contribution is 6.04. The lowest BCUT2D eigenvalue weighted by Gasteiger charge is -2.15. The number of aromatic nitrogens is 1. The molecule has 0 atom stereocenters. The van der Waals surface area contributed by atoms with E-state index >= 15 is 0 Å². The first-order valence-electron chi connectivity index (χ1n) is 14.0. The maximum atomic E-state index is 12.3. The van der Waals surface area contributed by atoms with Crippen LogP contribution < -0.4 is 4.74 Å². The smallest absolute Gasteiger partial charge is 0.352 e. The minimum Gasteiger partial charge on any atom is -0.493 e. The molecule has 1 aliphatic carbocycles. The van der Waals surface area contributed by atoms with Gasteiger partial charge in [0.1, 0.15) is 11.4 Å². The van der Waals surface area contributed by atoms with Crippen molar-refractivity contribution in [2.45, 2.75) is 44.9 Å². The molecule has 4 aromatic carbocycles. The number of nitrogens with one attached hydrogen (secondary N) is 1. The zero-order valence-electron chi connectivity index (χ0n) is 22.1. The fourth-order valence-electron chi connectivity index (χ4n) is 6.06. The molecule has 0 bridgehead atoms. The summed E-state index contributed by atoms with van der Waals surface area (Å²) in [4.78, 5) is 15.7. The zero-order chi connectivity index (χ0) is 26.6. The van der Waals surface area contributed by atoms with Crippen molar-refractivity contribution in [3.05, 3.63) is 113 Å². The Morgan fingerprint density at radius 1 is 0.769 bits per heavy atom. The van der Waals surface area contributed by atoms with Crippen LogP contribution in [0.4, 0.5) is 0 Å². The van der Waals surface area contributed by atoms with Crippen molar-refractivity contribution in [2.75, 3.05) is 6.61 Å². The monoisotopic (exact) mass is 515 g/mol. The summed E-state index contributed by atoms with van der Waals surface area (Å²) in [5.74, 6) is -0.0539. The summed E-state index contributed by atoms with van der Waals surface area (Å²) in [5.41, 5.74) is 7.21. The van der Waals surface area contributed by atoms with Crippen LogP contribution in [0.15, 0.2) is 91.0 Å². The Balaban J connectivity index is 1.32. The van der Waals surface area contributed by atoms with E-state index in [0.29, 0.717) is 13.0 Å². The Kier molecular flexibility index (Phi) is 7.18. The van der Waals surface area contributed by atoms with Gasteiger partial charge in [-0.25, -0.2) is 4.79 Å². The van der Waals surface area contributed by atoms with E-state index in [4.69, 9.17) is 4.74 Å². The van der Waals surface area contributed by atoms with Crippen molar-refractivity contribution in [1.82, 2.24) is 4.98 Å². The van der Waals surface area contributed by atoms with Crippen molar-refractivity contribution in [1.29, 1.82) is 0 Å². The van der Waals surface area contributed by atoms with Crippen LogP contribution in [0.5, 0.6) is 5.75 Å². The fraction of sp³-hybridized carbons (Fsp3) is 0.229. The van der Waals surface area contributed by atoms with Gasteiger partial charge in [-0.3, -0.25) is 0 Å². The van der Waals surface area contributed by atoms with Gasteiger partial charge in [-0.05, 0) is 72.3 Å². The Labute approximate surface area is 229 Å². The van der Waals surface area contributed by atoms with Gasteiger partial charge in [-0.15, -0.1) is 0 Å². The largest absolute Gasteiger partial charge is 0.493 e. The second-order valence-corrected chi connectivity index (χ2v) is 10.3. The summed E-state index contributed by atoms with van der Waals surface area (Å²) in [6, 6.07) is 31.2. The maximum Gasteiger partial charge on any atom is 0.352 e. The lowest BCUT2D eigenvalue weighted by atomic mass is 9.90. The molecule has 5 aromatic rings. The number of rotatable bonds is 8. The van der Waals surface area contributed by atoms with Crippen LogP contribution in [-0.2, 0) is 6.42 Å². The quantitative estimate of drug-likeness (QED) is 0.203. The van der Waals surface area contributed by atoms with Crippen LogP contribution in [0.1, 0.15) is 65.7 Å². The number of carboxylic acids is 1. The summed E-state index contributed by atoms with van der Waals surface area (Å²) in [6.45, 7) is 0.517. The number of fused-ring (bicyclic) bond motifs is 2. The highest BCUT2D eigenvalue weighted by Crippen LogP contribution is 2.40. The number of hydrogen-bond donors (Lipinski definition) is 2. The number of allylic oxidation sites excluding steroid dienone is 2. The Morgan fingerprint density at radius 3 is 2.33 bits per heavy atom. The summed E-state index contributed by atoms with van der Waals surface area (Å²) < 4.78 is 6.16. The van der Waals surface area contributed by atoms with E-state index in [1.165, 1.54) is 29.6 Å². The average molecular weight is 516 g/mol. The molecule has 2 N–H and O–H groups in total. The summed E-state index contributed by atoms with van der Waals surface area (Å²) in [7, 11) is 0. The van der Waals surface area contributed by atoms with Gasteiger partial charge in [0.25, 0.3) is 0 Å². The topological polar surface area (TPSA) is 62.3 Å². The van der Waals surface area contributed by atoms with Crippen molar-refractivity contribution in [2.24, 2.45) is 0 Å². The molecule has 6 rings (SSSR count). The predicted octanol–water partition coefficient (Wildman–Crippen LogP) is 8.91. The second-order valence-electron chi connectivity index (χ2n) is 10.3. The number of aromatic carboxylic acids is 1. The number of ether oxygens (including phenoxy) is 1. The van der Waals surface area contributed by atoms with Gasteiger partial charge < -0.3 is 14.8 Å². The lowest BCUT2D eigenvalue weighted by molar-refractivity contribution is 0.0690. The number of hydrogen-bond acceptors (Lipinski definition) is 2. The highest BCUT2D eigenvalue weighted by Gasteiger charge is 2.22. The van der Waals surface area contributed by atoms with Gasteiger partial charge in [0.2, 0.25) is 0 Å². The third kappa shape index (κ3) is 5.07. The van der Waals surface area contributed by atoms with Crippen molar-refractivity contribution in [3.63, 3.8) is 0 Å². The van der Waals surface area contributed by atoms with Crippen LogP contribution in [0.25, 0.3) is 32.8 Å². The summed E-state index contributed by atoms with van der Waals surface area (Å²) in [6.07, 6.45) is 6.92. The van der Waals surface area contributed by atoms with Gasteiger partial charge in [0.05, 0.1) is 12.1 Å². The molecule has 4 nitrogen and oxygen atoms in total. The van der Waals surface area contributed by atoms with E-state index in [0.717, 1.165) is 64.2 Å². The number of para-hydroxylation sites is 1. The highest BCUT2D eigenvalue weighted by atomic mass is 16.5. The molecule has 0 fully saturated rings. The molecular weight excluding hydrogens is 482 g/mol. The van der Waals surface area contributed by atoms with Crippen LogP contribution in [0.2, 0.25) is 0 Å². The number of aromatic amines is 1. The zero-order valence-corrected chi connectivity index (χ0v) is 22.1. The van der Waals surface area contributed by atoms with Gasteiger partial charge in [0.15, 0.2) is 0 Å². The van der Waals surface area contributed by atoms with Crippen LogP contribution >= 0.6 is 0 Å². The average Bonchev–Trinajstić information content (AvgIpc) is 3.17. The third-order valence-electron chi connectivity index (χ3n) is 7.90. The molecule has 0 saturated carbocycles. The Hall–Kier alpha value is -4.31. The van der Waals surface area contributed by atoms with Crippen molar-refractivity contribution < 1.29 is 14.6 Å². The molecule has 0 amide bonds. The van der Waals surface area contributed by atoms with Gasteiger partial charge >= 0.3 is 5.97 Å². The molecular formula is C35H33NO3. The first-order valence-corrected chi connectivity index (χ1v) is 14.0. The number of H-pyrrole nitrogens is 1. The molecule has 1 heterocycles. The van der Waals surface area contributed by atoms with Crippen molar-refractivity contribution in [3.8, 4) is 5.75 Å². The molecule has 0 aliphatic heterocycles. The fourth-order valence-corrected chi connectivity index (χ4v) is 6.06. The summed E-state index contributed by atoms with van der Waals surface area (Å²) in [5, 5.41) is 13.4. The lowest BCUT2D eigenvalue weighted by Crippen LogP contribution is -2.04. The Bertz CT molecular complexity index is 1660. The third-order valence-corrected chi connectivity index (χ3v) is 7.90. The first-order chi connectivity index (χ1) is 19.2. The predicted molar refractivity (Wildman–Crippen MR) is 159 cm³/mol. The Morgan fingerprint density at radius 2 is 1.49 bits per heavy atom. The molecule has 1 aromatic heterocycles. The molecule has 4 heteroatoms. The minimum atomic E-state index is -0.916. The second kappa shape index (κ2) is 11.2.